The average molecular weight is 313 g/mol. The van der Waals surface area contributed by atoms with Crippen LogP contribution in [0.5, 0.6) is 0 Å². The van der Waals surface area contributed by atoms with E-state index in [9.17, 15) is 4.79 Å². The minimum atomic E-state index is 0. The molecule has 118 valence electrons. The molecule has 2 rings (SSSR count). The molecule has 5 heteroatoms. The minimum absolute atomic E-state index is 0. The van der Waals surface area contributed by atoms with Crippen molar-refractivity contribution in [2.45, 2.75) is 20.0 Å². The van der Waals surface area contributed by atoms with Gasteiger partial charge in [0.2, 0.25) is 5.91 Å². The van der Waals surface area contributed by atoms with Gasteiger partial charge in [0.05, 0.1) is 19.1 Å². The normalized spacial score (nSPS) is 18.8. The molecule has 1 fully saturated rings. The molecule has 0 bridgehead atoms. The molecule has 21 heavy (non-hydrogen) atoms. The Labute approximate surface area is 133 Å². The van der Waals surface area contributed by atoms with Crippen molar-refractivity contribution in [1.82, 2.24) is 10.6 Å². The first-order valence-corrected chi connectivity index (χ1v) is 7.36. The molecule has 2 N–H and O–H groups in total. The van der Waals surface area contributed by atoms with Crippen molar-refractivity contribution in [3.8, 4) is 0 Å². The molecule has 1 saturated heterocycles. The van der Waals surface area contributed by atoms with Gasteiger partial charge in [-0.15, -0.1) is 12.4 Å². The minimum Gasteiger partial charge on any atom is -0.376 e. The number of amides is 1. The second kappa shape index (κ2) is 9.77. The number of halogens is 1. The van der Waals surface area contributed by atoms with E-state index >= 15 is 0 Å². The highest BCUT2D eigenvalue weighted by Gasteiger charge is 2.22. The van der Waals surface area contributed by atoms with E-state index in [-0.39, 0.29) is 24.2 Å². The Bertz CT molecular complexity index is 408. The zero-order chi connectivity index (χ0) is 14.2. The van der Waals surface area contributed by atoms with E-state index in [2.05, 4.69) is 29.7 Å². The predicted molar refractivity (Wildman–Crippen MR) is 86.5 cm³/mol. The first kappa shape index (κ1) is 18.0. The van der Waals surface area contributed by atoms with Crippen molar-refractivity contribution in [3.05, 3.63) is 35.9 Å². The lowest BCUT2D eigenvalue weighted by Crippen LogP contribution is -2.35. The number of carbonyl (C=O) groups is 1. The summed E-state index contributed by atoms with van der Waals surface area (Å²) in [5.74, 6) is 0.648. The molecule has 1 amide bonds. The average Bonchev–Trinajstić information content (AvgIpc) is 3.00. The lowest BCUT2D eigenvalue weighted by Gasteiger charge is -2.15. The molecular weight excluding hydrogens is 288 g/mol. The van der Waals surface area contributed by atoms with Gasteiger partial charge in [0.15, 0.2) is 0 Å². The Balaban J connectivity index is 0.00000220. The number of benzene rings is 1. The largest absolute Gasteiger partial charge is 0.376 e. The smallest absolute Gasteiger partial charge is 0.224 e. The van der Waals surface area contributed by atoms with Crippen LogP contribution in [-0.2, 0) is 16.1 Å². The van der Waals surface area contributed by atoms with Crippen molar-refractivity contribution in [2.75, 3.05) is 26.2 Å². The number of nitrogens with one attached hydrogen (secondary N) is 2. The van der Waals surface area contributed by atoms with E-state index < -0.39 is 0 Å². The number of hydrogen-bond acceptors (Lipinski definition) is 3. The van der Waals surface area contributed by atoms with Crippen molar-refractivity contribution >= 4 is 18.3 Å². The summed E-state index contributed by atoms with van der Waals surface area (Å²) in [4.78, 5) is 11.9. The zero-order valence-corrected chi connectivity index (χ0v) is 13.3. The molecule has 1 aliphatic heterocycles. The van der Waals surface area contributed by atoms with Crippen LogP contribution in [-0.4, -0.2) is 32.1 Å². The molecule has 1 aromatic carbocycles. The Hall–Kier alpha value is -1.10. The van der Waals surface area contributed by atoms with Gasteiger partial charge < -0.3 is 15.4 Å². The second-order valence-electron chi connectivity index (χ2n) is 5.54. The van der Waals surface area contributed by atoms with Gasteiger partial charge >= 0.3 is 0 Å². The van der Waals surface area contributed by atoms with Crippen LogP contribution in [0.25, 0.3) is 0 Å². The first-order valence-electron chi connectivity index (χ1n) is 7.36. The van der Waals surface area contributed by atoms with Crippen LogP contribution in [0, 0.1) is 11.8 Å². The van der Waals surface area contributed by atoms with Crippen LogP contribution in [0.2, 0.25) is 0 Å². The van der Waals surface area contributed by atoms with E-state index in [1.54, 1.807) is 0 Å². The van der Waals surface area contributed by atoms with E-state index in [0.29, 0.717) is 25.7 Å². The Morgan fingerprint density at radius 2 is 2.19 bits per heavy atom. The van der Waals surface area contributed by atoms with Crippen molar-refractivity contribution in [2.24, 2.45) is 11.8 Å². The van der Waals surface area contributed by atoms with Gasteiger partial charge in [0.25, 0.3) is 0 Å². The van der Waals surface area contributed by atoms with E-state index in [1.165, 1.54) is 5.56 Å². The Morgan fingerprint density at radius 3 is 2.86 bits per heavy atom. The van der Waals surface area contributed by atoms with Crippen LogP contribution in [0.3, 0.4) is 0 Å². The quantitative estimate of drug-likeness (QED) is 0.809. The molecule has 0 saturated carbocycles. The Morgan fingerprint density at radius 1 is 1.43 bits per heavy atom. The summed E-state index contributed by atoms with van der Waals surface area (Å²) in [5.41, 5.74) is 1.18. The summed E-state index contributed by atoms with van der Waals surface area (Å²) in [6.45, 7) is 5.84. The molecule has 2 unspecified atom stereocenters. The van der Waals surface area contributed by atoms with Crippen LogP contribution in [0.1, 0.15) is 18.9 Å². The summed E-state index contributed by atoms with van der Waals surface area (Å²) in [6, 6.07) is 10.1. The summed E-state index contributed by atoms with van der Waals surface area (Å²) >= 11 is 0. The molecule has 1 aromatic rings. The highest BCUT2D eigenvalue weighted by atomic mass is 35.5. The highest BCUT2D eigenvalue weighted by Crippen LogP contribution is 2.07. The fourth-order valence-corrected chi connectivity index (χ4v) is 2.31. The lowest BCUT2D eigenvalue weighted by molar-refractivity contribution is -0.124. The van der Waals surface area contributed by atoms with Crippen LogP contribution in [0.15, 0.2) is 30.3 Å². The Kier molecular flexibility index (Phi) is 8.35. The van der Waals surface area contributed by atoms with Crippen molar-refractivity contribution in [3.63, 3.8) is 0 Å². The van der Waals surface area contributed by atoms with E-state index in [4.69, 9.17) is 4.74 Å². The maximum Gasteiger partial charge on any atom is 0.224 e. The van der Waals surface area contributed by atoms with Gasteiger partial charge in [-0.2, -0.15) is 0 Å². The lowest BCUT2D eigenvalue weighted by atomic mass is 10.1. The van der Waals surface area contributed by atoms with Gasteiger partial charge in [0.1, 0.15) is 0 Å². The molecule has 4 nitrogen and oxygen atoms in total. The van der Waals surface area contributed by atoms with E-state index in [1.807, 2.05) is 18.2 Å². The number of rotatable bonds is 7. The molecule has 0 aliphatic carbocycles. The summed E-state index contributed by atoms with van der Waals surface area (Å²) in [5, 5.41) is 6.22. The van der Waals surface area contributed by atoms with Gasteiger partial charge in [-0.3, -0.25) is 4.79 Å². The fraction of sp³-hybridized carbons (Fsp3) is 0.562. The molecule has 1 aliphatic rings. The van der Waals surface area contributed by atoms with Gasteiger partial charge in [-0.05, 0) is 24.4 Å². The summed E-state index contributed by atoms with van der Waals surface area (Å²) < 4.78 is 5.68. The monoisotopic (exact) mass is 312 g/mol. The highest BCUT2D eigenvalue weighted by molar-refractivity contribution is 5.85. The maximum atomic E-state index is 11.9. The van der Waals surface area contributed by atoms with Crippen LogP contribution in [0.4, 0.5) is 0 Å². The molecule has 0 radical (unpaired) electrons. The molecule has 1 heterocycles. The first-order chi connectivity index (χ1) is 9.75. The third kappa shape index (κ3) is 6.46. The molecule has 2 atom stereocenters. The zero-order valence-electron chi connectivity index (χ0n) is 12.5. The summed E-state index contributed by atoms with van der Waals surface area (Å²) in [7, 11) is 0. The topological polar surface area (TPSA) is 50.4 Å². The number of carbonyl (C=O) groups excluding carboxylic acids is 1. The van der Waals surface area contributed by atoms with Gasteiger partial charge in [-0.25, -0.2) is 0 Å². The molecular formula is C16H25ClN2O2. The third-order valence-electron chi connectivity index (χ3n) is 3.57. The molecule has 0 aromatic heterocycles. The summed E-state index contributed by atoms with van der Waals surface area (Å²) in [6.07, 6.45) is 0.949. The number of ether oxygens (including phenoxy) is 1. The maximum absolute atomic E-state index is 11.9. The predicted octanol–water partition coefficient (Wildman–Crippen LogP) is 1.99. The second-order valence-corrected chi connectivity index (χ2v) is 5.54. The fourth-order valence-electron chi connectivity index (χ4n) is 2.31. The van der Waals surface area contributed by atoms with Crippen LogP contribution >= 0.6 is 12.4 Å². The molecule has 0 spiro atoms. The van der Waals surface area contributed by atoms with Crippen molar-refractivity contribution in [1.29, 1.82) is 0 Å². The van der Waals surface area contributed by atoms with Crippen molar-refractivity contribution < 1.29 is 9.53 Å². The van der Waals surface area contributed by atoms with Gasteiger partial charge in [-0.1, -0.05) is 37.3 Å². The SMILES string of the molecule is CC(CNC(=O)C1CCNC1)COCc1ccccc1.Cl. The number of hydrogen-bond donors (Lipinski definition) is 2. The third-order valence-corrected chi connectivity index (χ3v) is 3.57. The van der Waals surface area contributed by atoms with Crippen LogP contribution < -0.4 is 10.6 Å². The standard InChI is InChI=1S/C16H24N2O2.ClH/c1-13(9-18-16(19)15-7-8-17-10-15)11-20-12-14-5-3-2-4-6-14;/h2-6,13,15,17H,7-12H2,1H3,(H,18,19);1H. The van der Waals surface area contributed by atoms with Gasteiger partial charge in [0, 0.05) is 13.1 Å². The van der Waals surface area contributed by atoms with E-state index in [0.717, 1.165) is 19.5 Å².